The third-order valence-electron chi connectivity index (χ3n) is 1.11. The molecular formula is C7H11O3. The number of hydrogen-bond donors (Lipinski definition) is 0. The Kier molecular flexibility index (Phi) is 2.93. The lowest BCUT2D eigenvalue weighted by molar-refractivity contribution is 0.0482. The second-order valence-corrected chi connectivity index (χ2v) is 2.73. The lowest BCUT2D eigenvalue weighted by Crippen LogP contribution is -2.17. The molecule has 0 atom stereocenters. The molecule has 0 heterocycles. The van der Waals surface area contributed by atoms with Crippen molar-refractivity contribution in [2.24, 2.45) is 5.41 Å². The topological polar surface area (TPSA) is 46.2 Å². The number of carbonyl (C=O) groups is 1. The maximum Gasteiger partial charge on any atom is 0.550 e. The third kappa shape index (κ3) is 3.95. The van der Waals surface area contributed by atoms with Crippen LogP contribution in [-0.4, -0.2) is 12.8 Å². The van der Waals surface area contributed by atoms with Gasteiger partial charge in [-0.25, -0.2) is 0 Å². The molecule has 0 aliphatic heterocycles. The average Bonchev–Trinajstić information content (AvgIpc) is 1.85. The zero-order valence-corrected chi connectivity index (χ0v) is 6.22. The maximum absolute atomic E-state index is 9.79. The standard InChI is InChI=1S/C7H11O3/c1-4-7(2,3)5-10-6(8)9/h4H,1,5H2,2-3H3. The minimum Gasteiger partial charge on any atom is -0.431 e. The summed E-state index contributed by atoms with van der Waals surface area (Å²) in [4.78, 5) is 9.79. The Morgan fingerprint density at radius 3 is 2.50 bits per heavy atom. The maximum atomic E-state index is 9.79. The van der Waals surface area contributed by atoms with Crippen molar-refractivity contribution in [2.45, 2.75) is 13.8 Å². The molecule has 0 aliphatic rings. The molecular weight excluding hydrogens is 132 g/mol. The van der Waals surface area contributed by atoms with E-state index in [0.717, 1.165) is 0 Å². The zero-order valence-electron chi connectivity index (χ0n) is 6.22. The van der Waals surface area contributed by atoms with Crippen molar-refractivity contribution in [2.75, 3.05) is 6.61 Å². The first-order valence-corrected chi connectivity index (χ1v) is 2.95. The van der Waals surface area contributed by atoms with Gasteiger partial charge in [0.15, 0.2) is 0 Å². The van der Waals surface area contributed by atoms with Crippen LogP contribution in [0.15, 0.2) is 12.7 Å². The van der Waals surface area contributed by atoms with Gasteiger partial charge in [0.05, 0.1) is 0 Å². The molecule has 3 heteroatoms. The van der Waals surface area contributed by atoms with Gasteiger partial charge in [-0.05, 0) is 0 Å². The summed E-state index contributed by atoms with van der Waals surface area (Å²) in [5.74, 6) is 0. The molecule has 0 bridgehead atoms. The van der Waals surface area contributed by atoms with Gasteiger partial charge in [-0.3, -0.25) is 0 Å². The Morgan fingerprint density at radius 2 is 2.20 bits per heavy atom. The molecule has 0 aromatic carbocycles. The lowest BCUT2D eigenvalue weighted by Gasteiger charge is -2.16. The van der Waals surface area contributed by atoms with Crippen LogP contribution >= 0.6 is 0 Å². The van der Waals surface area contributed by atoms with E-state index in [1.54, 1.807) is 6.08 Å². The van der Waals surface area contributed by atoms with E-state index in [4.69, 9.17) is 0 Å². The first kappa shape index (κ1) is 9.01. The van der Waals surface area contributed by atoms with Crippen LogP contribution in [0, 0.1) is 5.41 Å². The van der Waals surface area contributed by atoms with Gasteiger partial charge < -0.3 is 4.74 Å². The van der Waals surface area contributed by atoms with E-state index in [-0.39, 0.29) is 12.0 Å². The molecule has 0 saturated heterocycles. The van der Waals surface area contributed by atoms with Crippen molar-refractivity contribution in [3.63, 3.8) is 0 Å². The smallest absolute Gasteiger partial charge is 0.431 e. The predicted molar refractivity (Wildman–Crippen MR) is 36.0 cm³/mol. The van der Waals surface area contributed by atoms with Crippen LogP contribution in [-0.2, 0) is 9.84 Å². The minimum atomic E-state index is -1.49. The molecule has 0 aromatic rings. The quantitative estimate of drug-likeness (QED) is 0.446. The molecule has 1 radical (unpaired) electrons. The van der Waals surface area contributed by atoms with Crippen molar-refractivity contribution in [1.82, 2.24) is 0 Å². The summed E-state index contributed by atoms with van der Waals surface area (Å²) in [5, 5.41) is 9.79. The Labute approximate surface area is 60.3 Å². The highest BCUT2D eigenvalue weighted by Gasteiger charge is 2.15. The summed E-state index contributed by atoms with van der Waals surface area (Å²) in [6.45, 7) is 7.26. The molecule has 0 rings (SSSR count). The molecule has 0 fully saturated rings. The van der Waals surface area contributed by atoms with Crippen molar-refractivity contribution >= 4 is 6.16 Å². The monoisotopic (exact) mass is 143 g/mol. The van der Waals surface area contributed by atoms with E-state index in [1.807, 2.05) is 13.8 Å². The number of rotatable bonds is 3. The Morgan fingerprint density at radius 1 is 1.70 bits per heavy atom. The van der Waals surface area contributed by atoms with Gasteiger partial charge in [0.25, 0.3) is 0 Å². The molecule has 10 heavy (non-hydrogen) atoms. The Hall–Kier alpha value is -0.990. The SMILES string of the molecule is C=CC(C)(C)COC([O])=O. The van der Waals surface area contributed by atoms with E-state index >= 15 is 0 Å². The van der Waals surface area contributed by atoms with Gasteiger partial charge in [-0.1, -0.05) is 19.9 Å². The van der Waals surface area contributed by atoms with E-state index in [2.05, 4.69) is 11.3 Å². The molecule has 0 aliphatic carbocycles. The van der Waals surface area contributed by atoms with Crippen molar-refractivity contribution in [3.8, 4) is 0 Å². The number of carbonyl (C=O) groups excluding carboxylic acids is 1. The van der Waals surface area contributed by atoms with Crippen LogP contribution in [0.4, 0.5) is 4.79 Å². The fourth-order valence-electron chi connectivity index (χ4n) is 0.304. The summed E-state index contributed by atoms with van der Waals surface area (Å²) in [7, 11) is 0. The van der Waals surface area contributed by atoms with E-state index in [0.29, 0.717) is 0 Å². The molecule has 0 amide bonds. The third-order valence-corrected chi connectivity index (χ3v) is 1.11. The summed E-state index contributed by atoms with van der Waals surface area (Å²) in [6, 6.07) is 0. The van der Waals surface area contributed by atoms with Crippen LogP contribution in [0.1, 0.15) is 13.8 Å². The molecule has 0 aromatic heterocycles. The molecule has 57 valence electrons. The van der Waals surface area contributed by atoms with Crippen molar-refractivity contribution in [1.29, 1.82) is 0 Å². The summed E-state index contributed by atoms with van der Waals surface area (Å²) >= 11 is 0. The van der Waals surface area contributed by atoms with Crippen LogP contribution in [0.25, 0.3) is 0 Å². The number of hydrogen-bond acceptors (Lipinski definition) is 2. The molecule has 3 nitrogen and oxygen atoms in total. The summed E-state index contributed by atoms with van der Waals surface area (Å²) < 4.78 is 4.23. The summed E-state index contributed by atoms with van der Waals surface area (Å²) in [6.07, 6.45) is 0.144. The van der Waals surface area contributed by atoms with E-state index in [9.17, 15) is 9.90 Å². The molecule has 0 saturated carbocycles. The first-order valence-electron chi connectivity index (χ1n) is 2.95. The highest BCUT2D eigenvalue weighted by molar-refractivity contribution is 5.56. The van der Waals surface area contributed by atoms with Gasteiger partial charge >= 0.3 is 6.16 Å². The minimum absolute atomic E-state index is 0.0961. The Bertz CT molecular complexity index is 138. The highest BCUT2D eigenvalue weighted by atomic mass is 16.7. The second-order valence-electron chi connectivity index (χ2n) is 2.73. The largest absolute Gasteiger partial charge is 0.550 e. The van der Waals surface area contributed by atoms with Gasteiger partial charge in [-0.15, -0.1) is 6.58 Å². The van der Waals surface area contributed by atoms with Gasteiger partial charge in [0.2, 0.25) is 0 Å². The highest BCUT2D eigenvalue weighted by Crippen LogP contribution is 2.15. The molecule has 0 unspecified atom stereocenters. The molecule has 0 spiro atoms. The molecule has 0 N–H and O–H groups in total. The Balaban J connectivity index is 3.67. The van der Waals surface area contributed by atoms with E-state index < -0.39 is 6.16 Å². The van der Waals surface area contributed by atoms with E-state index in [1.165, 1.54) is 0 Å². The van der Waals surface area contributed by atoms with Gasteiger partial charge in [-0.2, -0.15) is 9.90 Å². The van der Waals surface area contributed by atoms with Gasteiger partial charge in [0.1, 0.15) is 6.61 Å². The van der Waals surface area contributed by atoms with Crippen LogP contribution < -0.4 is 0 Å². The fraction of sp³-hybridized carbons (Fsp3) is 0.571. The normalized spacial score (nSPS) is 10.6. The average molecular weight is 143 g/mol. The van der Waals surface area contributed by atoms with Gasteiger partial charge in [0, 0.05) is 5.41 Å². The van der Waals surface area contributed by atoms with Crippen LogP contribution in [0.5, 0.6) is 0 Å². The van der Waals surface area contributed by atoms with Crippen LogP contribution in [0.3, 0.4) is 0 Å². The first-order chi connectivity index (χ1) is 4.48. The second kappa shape index (κ2) is 3.25. The number of ether oxygens (including phenoxy) is 1. The predicted octanol–water partition coefficient (Wildman–Crippen LogP) is 1.77. The van der Waals surface area contributed by atoms with Crippen molar-refractivity contribution in [3.05, 3.63) is 12.7 Å². The lowest BCUT2D eigenvalue weighted by atomic mass is 9.96. The van der Waals surface area contributed by atoms with Crippen LogP contribution in [0.2, 0.25) is 0 Å². The fourth-order valence-corrected chi connectivity index (χ4v) is 0.304. The summed E-state index contributed by atoms with van der Waals surface area (Å²) in [5.41, 5.74) is -0.305. The zero-order chi connectivity index (χ0) is 8.20. The van der Waals surface area contributed by atoms with Crippen molar-refractivity contribution < 1.29 is 14.6 Å².